The first-order chi connectivity index (χ1) is 27.0. The highest BCUT2D eigenvalue weighted by atomic mass is 16.3. The zero-order valence-electron chi connectivity index (χ0n) is 30.6. The second-order valence-corrected chi connectivity index (χ2v) is 15.2. The molecule has 0 aliphatic heterocycles. The van der Waals surface area contributed by atoms with E-state index in [0.717, 1.165) is 55.3 Å². The van der Waals surface area contributed by atoms with Crippen molar-refractivity contribution < 1.29 is 4.42 Å². The van der Waals surface area contributed by atoms with Crippen LogP contribution in [-0.2, 0) is 5.41 Å². The smallest absolute Gasteiger partial charge is 0.227 e. The zero-order chi connectivity index (χ0) is 36.7. The average Bonchev–Trinajstić information content (AvgIpc) is 3.77. The summed E-state index contributed by atoms with van der Waals surface area (Å²) in [7, 11) is 0. The van der Waals surface area contributed by atoms with Gasteiger partial charge in [-0.05, 0) is 127 Å². The lowest BCUT2D eigenvalue weighted by atomic mass is 9.81. The van der Waals surface area contributed by atoms with E-state index >= 15 is 0 Å². The van der Waals surface area contributed by atoms with Gasteiger partial charge in [0.15, 0.2) is 5.58 Å². The molecule has 3 heteroatoms. The average molecular weight is 705 g/mol. The van der Waals surface area contributed by atoms with Gasteiger partial charge in [-0.15, -0.1) is 0 Å². The molecule has 0 unspecified atom stereocenters. The Labute approximate surface area is 319 Å². The van der Waals surface area contributed by atoms with Gasteiger partial charge in [0.05, 0.1) is 0 Å². The maximum Gasteiger partial charge on any atom is 0.227 e. The lowest BCUT2D eigenvalue weighted by Gasteiger charge is -2.28. The van der Waals surface area contributed by atoms with Crippen LogP contribution >= 0.6 is 0 Å². The molecule has 11 rings (SSSR count). The summed E-state index contributed by atoms with van der Waals surface area (Å²) < 4.78 is 6.61. The summed E-state index contributed by atoms with van der Waals surface area (Å²) in [6.45, 7) is 4.73. The van der Waals surface area contributed by atoms with Gasteiger partial charge in [0.25, 0.3) is 0 Å². The van der Waals surface area contributed by atoms with Crippen molar-refractivity contribution in [3.05, 3.63) is 193 Å². The van der Waals surface area contributed by atoms with Crippen molar-refractivity contribution in [1.29, 1.82) is 0 Å². The quantitative estimate of drug-likeness (QED) is 0.167. The molecule has 1 aliphatic rings. The highest BCUT2D eigenvalue weighted by molar-refractivity contribution is 6.18. The third-order valence-electron chi connectivity index (χ3n) is 11.6. The summed E-state index contributed by atoms with van der Waals surface area (Å²) in [5, 5.41) is 7.03. The maximum absolute atomic E-state index is 6.61. The number of oxazole rings is 1. The number of fused-ring (bicyclic) bond motifs is 9. The third kappa shape index (κ3) is 5.01. The Bertz CT molecular complexity index is 3110. The Kier molecular flexibility index (Phi) is 6.90. The van der Waals surface area contributed by atoms with Crippen molar-refractivity contribution in [2.75, 3.05) is 4.90 Å². The molecule has 1 heterocycles. The Hall–Kier alpha value is -6.97. The van der Waals surface area contributed by atoms with Crippen LogP contribution in [0.1, 0.15) is 25.0 Å². The fraction of sp³-hybridized carbons (Fsp3) is 0.0577. The predicted molar refractivity (Wildman–Crippen MR) is 230 cm³/mol. The molecule has 0 spiro atoms. The number of hydrogen-bond donors (Lipinski definition) is 0. The van der Waals surface area contributed by atoms with Gasteiger partial charge in [-0.3, -0.25) is 0 Å². The van der Waals surface area contributed by atoms with Crippen LogP contribution in [0.4, 0.5) is 17.1 Å². The van der Waals surface area contributed by atoms with Gasteiger partial charge in [0, 0.05) is 33.4 Å². The van der Waals surface area contributed by atoms with E-state index in [9.17, 15) is 0 Å². The molecular formula is C52H36N2O. The highest BCUT2D eigenvalue weighted by Gasteiger charge is 2.36. The molecule has 260 valence electrons. The first-order valence-electron chi connectivity index (χ1n) is 18.9. The largest absolute Gasteiger partial charge is 0.435 e. The third-order valence-corrected chi connectivity index (χ3v) is 11.6. The van der Waals surface area contributed by atoms with Crippen molar-refractivity contribution in [1.82, 2.24) is 4.98 Å². The van der Waals surface area contributed by atoms with Gasteiger partial charge in [-0.2, -0.15) is 0 Å². The lowest BCUT2D eigenvalue weighted by molar-refractivity contribution is 0.623. The van der Waals surface area contributed by atoms with Crippen LogP contribution in [0.2, 0.25) is 0 Å². The summed E-state index contributed by atoms with van der Waals surface area (Å²) in [6, 6.07) is 65.6. The summed E-state index contributed by atoms with van der Waals surface area (Å²) in [6.07, 6.45) is 0. The number of hydrogen-bond acceptors (Lipinski definition) is 3. The molecule has 10 aromatic rings. The van der Waals surface area contributed by atoms with Gasteiger partial charge < -0.3 is 9.32 Å². The molecule has 3 nitrogen and oxygen atoms in total. The van der Waals surface area contributed by atoms with E-state index in [0.29, 0.717) is 5.89 Å². The Morgan fingerprint density at radius 3 is 1.82 bits per heavy atom. The van der Waals surface area contributed by atoms with E-state index in [1.807, 2.05) is 30.3 Å². The lowest BCUT2D eigenvalue weighted by Crippen LogP contribution is -2.16. The van der Waals surface area contributed by atoms with E-state index in [-0.39, 0.29) is 5.41 Å². The summed E-state index contributed by atoms with van der Waals surface area (Å²) in [5.74, 6) is 0.631. The van der Waals surface area contributed by atoms with Crippen LogP contribution in [0.3, 0.4) is 0 Å². The van der Waals surface area contributed by atoms with Crippen molar-refractivity contribution in [3.63, 3.8) is 0 Å². The SMILES string of the molecule is CC1(C)c2cc(N(c3ccc(-c4ccccc4)cc3)c3ccc4ccc5ccc6nc(-c7ccccc7)oc6c5c4c3)ccc2-c2cc3ccccc3cc21. The van der Waals surface area contributed by atoms with Crippen molar-refractivity contribution in [2.24, 2.45) is 0 Å². The van der Waals surface area contributed by atoms with Crippen LogP contribution in [-0.4, -0.2) is 4.98 Å². The predicted octanol–water partition coefficient (Wildman–Crippen LogP) is 14.4. The van der Waals surface area contributed by atoms with Gasteiger partial charge >= 0.3 is 0 Å². The minimum Gasteiger partial charge on any atom is -0.435 e. The van der Waals surface area contributed by atoms with Crippen LogP contribution in [0.5, 0.6) is 0 Å². The van der Waals surface area contributed by atoms with Crippen molar-refractivity contribution in [3.8, 4) is 33.7 Å². The second-order valence-electron chi connectivity index (χ2n) is 15.2. The topological polar surface area (TPSA) is 29.3 Å². The number of nitrogens with zero attached hydrogens (tertiary/aromatic N) is 2. The molecule has 1 aliphatic carbocycles. The van der Waals surface area contributed by atoms with E-state index in [2.05, 4.69) is 170 Å². The van der Waals surface area contributed by atoms with E-state index in [1.54, 1.807) is 0 Å². The molecule has 0 N–H and O–H groups in total. The maximum atomic E-state index is 6.61. The minimum atomic E-state index is -0.165. The molecule has 0 fully saturated rings. The minimum absolute atomic E-state index is 0.165. The standard InChI is InChI=1S/C52H36N2O/c1-52(2)46-30-39-16-10-9-15-38(39)29-45(46)43-27-26-42(32-47(43)52)54(40-23-19-34(20-24-40)33-11-5-3-6-12-33)41-25-21-35-17-18-36-22-28-48-50(49(36)44(35)31-41)55-51(53-48)37-13-7-4-8-14-37/h3-32H,1-2H3. The molecule has 0 bridgehead atoms. The van der Waals surface area contributed by atoms with E-state index in [1.165, 1.54) is 44.2 Å². The Morgan fingerprint density at radius 2 is 1.04 bits per heavy atom. The molecule has 1 aromatic heterocycles. The summed E-state index contributed by atoms with van der Waals surface area (Å²) >= 11 is 0. The number of anilines is 3. The monoisotopic (exact) mass is 704 g/mol. The molecular weight excluding hydrogens is 669 g/mol. The fourth-order valence-electron chi connectivity index (χ4n) is 8.78. The van der Waals surface area contributed by atoms with Crippen LogP contribution in [0.15, 0.2) is 186 Å². The van der Waals surface area contributed by atoms with Crippen LogP contribution in [0, 0.1) is 0 Å². The van der Waals surface area contributed by atoms with Crippen LogP contribution < -0.4 is 4.90 Å². The summed E-state index contributed by atoms with van der Waals surface area (Å²) in [4.78, 5) is 7.33. The Balaban J connectivity index is 1.11. The molecule has 0 amide bonds. The van der Waals surface area contributed by atoms with Gasteiger partial charge in [-0.1, -0.05) is 129 Å². The van der Waals surface area contributed by atoms with Gasteiger partial charge in [0.1, 0.15) is 5.52 Å². The number of rotatable bonds is 5. The molecule has 0 atom stereocenters. The van der Waals surface area contributed by atoms with Crippen LogP contribution in [0.25, 0.3) is 77.1 Å². The van der Waals surface area contributed by atoms with Gasteiger partial charge in [-0.25, -0.2) is 4.98 Å². The molecule has 0 saturated heterocycles. The molecule has 55 heavy (non-hydrogen) atoms. The molecule has 0 saturated carbocycles. The second kappa shape index (κ2) is 12.0. The summed E-state index contributed by atoms with van der Waals surface area (Å²) in [5.41, 5.74) is 13.5. The first kappa shape index (κ1) is 31.5. The molecule has 9 aromatic carbocycles. The zero-order valence-corrected chi connectivity index (χ0v) is 30.6. The fourth-order valence-corrected chi connectivity index (χ4v) is 8.78. The van der Waals surface area contributed by atoms with E-state index < -0.39 is 0 Å². The first-order valence-corrected chi connectivity index (χ1v) is 18.9. The number of benzene rings is 9. The van der Waals surface area contributed by atoms with Crippen molar-refractivity contribution in [2.45, 2.75) is 19.3 Å². The normalized spacial score (nSPS) is 13.1. The van der Waals surface area contributed by atoms with Gasteiger partial charge in [0.2, 0.25) is 5.89 Å². The molecule has 0 radical (unpaired) electrons. The Morgan fingerprint density at radius 1 is 0.455 bits per heavy atom. The van der Waals surface area contributed by atoms with E-state index in [4.69, 9.17) is 9.40 Å². The highest BCUT2D eigenvalue weighted by Crippen LogP contribution is 2.52. The number of aromatic nitrogens is 1. The van der Waals surface area contributed by atoms with Crippen molar-refractivity contribution >= 4 is 60.5 Å².